The summed E-state index contributed by atoms with van der Waals surface area (Å²) < 4.78 is 5.31. The van der Waals surface area contributed by atoms with Crippen LogP contribution in [0.1, 0.15) is 45.7 Å². The molecule has 3 atom stereocenters. The van der Waals surface area contributed by atoms with Crippen LogP contribution in [0.4, 0.5) is 5.82 Å². The Morgan fingerprint density at radius 1 is 1.19 bits per heavy atom. The van der Waals surface area contributed by atoms with Crippen molar-refractivity contribution in [2.75, 3.05) is 18.0 Å². The van der Waals surface area contributed by atoms with E-state index >= 15 is 0 Å². The molecule has 142 valence electrons. The second kappa shape index (κ2) is 7.91. The molecule has 1 aliphatic heterocycles. The maximum absolute atomic E-state index is 12.6. The molecule has 0 radical (unpaired) electrons. The van der Waals surface area contributed by atoms with Gasteiger partial charge in [0.2, 0.25) is 0 Å². The Morgan fingerprint density at radius 3 is 2.33 bits per heavy atom. The Morgan fingerprint density at radius 2 is 1.78 bits per heavy atom. The van der Waals surface area contributed by atoms with E-state index in [2.05, 4.69) is 29.8 Å². The van der Waals surface area contributed by atoms with E-state index in [-0.39, 0.29) is 6.10 Å². The van der Waals surface area contributed by atoms with Crippen LogP contribution in [-0.2, 0) is 9.53 Å². The smallest absolute Gasteiger partial charge is 0.329 e. The van der Waals surface area contributed by atoms with E-state index in [4.69, 9.17) is 9.72 Å². The van der Waals surface area contributed by atoms with Crippen LogP contribution in [0.5, 0.6) is 0 Å². The molecule has 6 heteroatoms. The van der Waals surface area contributed by atoms with Crippen LogP contribution >= 0.6 is 0 Å². The van der Waals surface area contributed by atoms with Gasteiger partial charge in [-0.15, -0.1) is 0 Å². The molecule has 0 amide bonds. The summed E-state index contributed by atoms with van der Waals surface area (Å²) in [4.78, 5) is 24.2. The number of nitriles is 1. The summed E-state index contributed by atoms with van der Waals surface area (Å²) in [6.45, 7) is 9.64. The molecule has 0 spiro atoms. The maximum atomic E-state index is 12.6. The van der Waals surface area contributed by atoms with Crippen molar-refractivity contribution in [3.05, 3.63) is 30.0 Å². The number of carbonyl (C=O) groups is 1. The molecule has 1 fully saturated rings. The molecule has 0 N–H and O–H groups in total. The number of fused-ring (bicyclic) bond motifs is 1. The normalized spacial score (nSPS) is 21.1. The van der Waals surface area contributed by atoms with Crippen molar-refractivity contribution in [1.29, 1.82) is 5.26 Å². The van der Waals surface area contributed by atoms with Crippen molar-refractivity contribution in [3.63, 3.8) is 0 Å². The van der Waals surface area contributed by atoms with Crippen molar-refractivity contribution in [1.82, 2.24) is 9.97 Å². The highest BCUT2D eigenvalue weighted by Gasteiger charge is 2.32. The number of hydrogen-bond donors (Lipinski definition) is 0. The Kier molecular flexibility index (Phi) is 5.59. The first-order valence-corrected chi connectivity index (χ1v) is 9.50. The number of esters is 1. The molecule has 2 aromatic rings. The number of para-hydroxylation sites is 2. The molecule has 0 bridgehead atoms. The van der Waals surface area contributed by atoms with E-state index in [9.17, 15) is 10.1 Å². The second-order valence-electron chi connectivity index (χ2n) is 7.82. The van der Waals surface area contributed by atoms with Gasteiger partial charge in [0.1, 0.15) is 5.69 Å². The van der Waals surface area contributed by atoms with Gasteiger partial charge in [-0.3, -0.25) is 4.79 Å². The molecule has 0 unspecified atom stereocenters. The van der Waals surface area contributed by atoms with E-state index < -0.39 is 11.9 Å². The standard InChI is InChI=1S/C21H26N4O2/c1-13(2)27-21(26)16(10-22)19-20(25-11-14(3)9-15(4)12-25)24-18-8-6-5-7-17(18)23-19/h5-8,13-16H,9,11-12H2,1-4H3/t14-,15-,16-/m1/s1. The fourth-order valence-electron chi connectivity index (χ4n) is 3.79. The van der Waals surface area contributed by atoms with Gasteiger partial charge in [0.15, 0.2) is 11.7 Å². The minimum absolute atomic E-state index is 0.291. The van der Waals surface area contributed by atoms with Crippen molar-refractivity contribution in [2.45, 2.75) is 46.1 Å². The summed E-state index contributed by atoms with van der Waals surface area (Å²) in [7, 11) is 0. The zero-order valence-corrected chi connectivity index (χ0v) is 16.3. The van der Waals surface area contributed by atoms with E-state index in [1.807, 2.05) is 24.3 Å². The van der Waals surface area contributed by atoms with Gasteiger partial charge in [-0.05, 0) is 44.2 Å². The maximum Gasteiger partial charge on any atom is 0.329 e. The zero-order chi connectivity index (χ0) is 19.6. The molecule has 0 saturated carbocycles. The highest BCUT2D eigenvalue weighted by molar-refractivity contribution is 5.85. The fraction of sp³-hybridized carbons (Fsp3) is 0.524. The number of benzene rings is 1. The number of hydrogen-bond acceptors (Lipinski definition) is 6. The quantitative estimate of drug-likeness (QED) is 0.768. The average molecular weight is 366 g/mol. The first-order chi connectivity index (χ1) is 12.9. The summed E-state index contributed by atoms with van der Waals surface area (Å²) in [6, 6.07) is 9.62. The number of carbonyl (C=O) groups excluding carboxylic acids is 1. The van der Waals surface area contributed by atoms with Crippen molar-refractivity contribution in [3.8, 4) is 6.07 Å². The van der Waals surface area contributed by atoms with Crippen LogP contribution in [-0.4, -0.2) is 35.1 Å². The van der Waals surface area contributed by atoms with Crippen molar-refractivity contribution < 1.29 is 9.53 Å². The second-order valence-corrected chi connectivity index (χ2v) is 7.82. The molecular weight excluding hydrogens is 340 g/mol. The molecule has 3 rings (SSSR count). The van der Waals surface area contributed by atoms with Gasteiger partial charge in [0.05, 0.1) is 23.2 Å². The van der Waals surface area contributed by atoms with E-state index in [0.29, 0.717) is 28.9 Å². The topological polar surface area (TPSA) is 79.1 Å². The molecule has 1 aromatic carbocycles. The zero-order valence-electron chi connectivity index (χ0n) is 16.3. The number of nitrogens with zero attached hydrogens (tertiary/aromatic N) is 4. The van der Waals surface area contributed by atoms with Gasteiger partial charge in [-0.25, -0.2) is 9.97 Å². The van der Waals surface area contributed by atoms with Crippen LogP contribution in [0.2, 0.25) is 0 Å². The lowest BCUT2D eigenvalue weighted by Crippen LogP contribution is -2.40. The van der Waals surface area contributed by atoms with Gasteiger partial charge in [0.25, 0.3) is 0 Å². The third-order valence-electron chi connectivity index (χ3n) is 4.74. The number of anilines is 1. The number of piperidine rings is 1. The Labute approximate surface area is 160 Å². The molecule has 6 nitrogen and oxygen atoms in total. The highest BCUT2D eigenvalue weighted by Crippen LogP contribution is 2.32. The third-order valence-corrected chi connectivity index (χ3v) is 4.74. The van der Waals surface area contributed by atoms with Crippen molar-refractivity contribution in [2.24, 2.45) is 11.8 Å². The van der Waals surface area contributed by atoms with E-state index in [1.54, 1.807) is 13.8 Å². The number of ether oxygens (including phenoxy) is 1. The Balaban J connectivity index is 2.11. The molecule has 0 aliphatic carbocycles. The third kappa shape index (κ3) is 4.19. The first-order valence-electron chi connectivity index (χ1n) is 9.50. The summed E-state index contributed by atoms with van der Waals surface area (Å²) in [5.41, 5.74) is 1.83. The molecule has 27 heavy (non-hydrogen) atoms. The lowest BCUT2D eigenvalue weighted by Gasteiger charge is -2.36. The molecule has 1 aliphatic rings. The van der Waals surface area contributed by atoms with Crippen LogP contribution in [0.15, 0.2) is 24.3 Å². The Hall–Kier alpha value is -2.68. The molecule has 1 aromatic heterocycles. The minimum atomic E-state index is -1.09. The Bertz CT molecular complexity index is 864. The van der Waals surface area contributed by atoms with Gasteiger partial charge >= 0.3 is 5.97 Å². The largest absolute Gasteiger partial charge is 0.462 e. The number of aromatic nitrogens is 2. The highest BCUT2D eigenvalue weighted by atomic mass is 16.5. The van der Waals surface area contributed by atoms with Crippen LogP contribution < -0.4 is 4.90 Å². The summed E-state index contributed by atoms with van der Waals surface area (Å²) in [6.07, 6.45) is 0.865. The lowest BCUT2D eigenvalue weighted by atomic mass is 9.91. The van der Waals surface area contributed by atoms with Crippen molar-refractivity contribution >= 4 is 22.8 Å². The van der Waals surface area contributed by atoms with Crippen LogP contribution in [0.25, 0.3) is 11.0 Å². The fourth-order valence-corrected chi connectivity index (χ4v) is 3.79. The van der Waals surface area contributed by atoms with Gasteiger partial charge < -0.3 is 9.64 Å². The summed E-state index contributed by atoms with van der Waals surface area (Å²) in [5.74, 6) is -0.0149. The SMILES string of the molecule is CC(C)OC(=O)[C@H](C#N)c1nc2ccccc2nc1N1C[C@H](C)C[C@@H](C)C1. The predicted octanol–water partition coefficient (Wildman–Crippen LogP) is 3.67. The molecule has 1 saturated heterocycles. The van der Waals surface area contributed by atoms with Gasteiger partial charge in [0, 0.05) is 13.1 Å². The van der Waals surface area contributed by atoms with E-state index in [1.165, 1.54) is 0 Å². The predicted molar refractivity (Wildman–Crippen MR) is 104 cm³/mol. The first kappa shape index (κ1) is 19.1. The summed E-state index contributed by atoms with van der Waals surface area (Å²) in [5, 5.41) is 9.72. The van der Waals surface area contributed by atoms with Gasteiger partial charge in [-0.1, -0.05) is 26.0 Å². The molecular formula is C21H26N4O2. The average Bonchev–Trinajstić information content (AvgIpc) is 2.60. The van der Waals surface area contributed by atoms with E-state index in [0.717, 1.165) is 25.0 Å². The van der Waals surface area contributed by atoms with Gasteiger partial charge in [-0.2, -0.15) is 5.26 Å². The monoisotopic (exact) mass is 366 g/mol. The summed E-state index contributed by atoms with van der Waals surface area (Å²) >= 11 is 0. The van der Waals surface area contributed by atoms with Crippen LogP contribution in [0, 0.1) is 23.2 Å². The lowest BCUT2D eigenvalue weighted by molar-refractivity contribution is -0.147. The van der Waals surface area contributed by atoms with Crippen LogP contribution in [0.3, 0.4) is 0 Å². The molecule has 2 heterocycles. The number of rotatable bonds is 4. The minimum Gasteiger partial charge on any atom is -0.462 e.